The molecule has 0 heteroatoms. The smallest absolute Gasteiger partial charge is 0.0206 e. The summed E-state index contributed by atoms with van der Waals surface area (Å²) in [5, 5.41) is 0. The Morgan fingerprint density at radius 3 is 1.72 bits per heavy atom. The molecule has 0 saturated heterocycles. The first-order valence-corrected chi connectivity index (χ1v) is 10.1. The Morgan fingerprint density at radius 2 is 1.40 bits per heavy atom. The van der Waals surface area contributed by atoms with Gasteiger partial charge in [-0.2, -0.15) is 0 Å². The van der Waals surface area contributed by atoms with Crippen LogP contribution in [-0.2, 0) is 0 Å². The summed E-state index contributed by atoms with van der Waals surface area (Å²) in [7, 11) is 0. The van der Waals surface area contributed by atoms with Crippen LogP contribution < -0.4 is 0 Å². The summed E-state index contributed by atoms with van der Waals surface area (Å²) in [6.45, 7) is 21.1. The van der Waals surface area contributed by atoms with E-state index in [1.807, 2.05) is 6.08 Å². The summed E-state index contributed by atoms with van der Waals surface area (Å²) in [6.07, 6.45) is 9.61. The molecule has 0 spiro atoms. The van der Waals surface area contributed by atoms with E-state index >= 15 is 0 Å². The first-order valence-electron chi connectivity index (χ1n) is 10.1. The number of rotatable bonds is 6. The van der Waals surface area contributed by atoms with E-state index in [0.717, 1.165) is 0 Å². The van der Waals surface area contributed by atoms with Crippen LogP contribution in [0.5, 0.6) is 0 Å². The van der Waals surface area contributed by atoms with Gasteiger partial charge in [0.2, 0.25) is 0 Å². The number of unbranched alkanes of at least 4 members (excludes halogenated alkanes) is 2. The predicted molar refractivity (Wildman–Crippen MR) is 119 cm³/mol. The SMILES string of the molecule is C=CC(C)(C)C.CCCC.CCCC/C(CC)=C(/C)c1ccccc1. The average Bonchev–Trinajstić information content (AvgIpc) is 2.63. The lowest BCUT2D eigenvalue weighted by atomic mass is 9.96. The third kappa shape index (κ3) is 15.9. The fraction of sp³-hybridized carbons (Fsp3) is 0.600. The van der Waals surface area contributed by atoms with Gasteiger partial charge < -0.3 is 0 Å². The number of benzene rings is 1. The fourth-order valence-corrected chi connectivity index (χ4v) is 1.91. The Labute approximate surface area is 159 Å². The molecule has 0 aliphatic heterocycles. The zero-order valence-electron chi connectivity index (χ0n) is 18.4. The average molecular weight is 345 g/mol. The molecule has 0 atom stereocenters. The number of hydrogen-bond acceptors (Lipinski definition) is 0. The highest BCUT2D eigenvalue weighted by molar-refractivity contribution is 5.66. The van der Waals surface area contributed by atoms with Crippen LogP contribution in [0.4, 0.5) is 0 Å². The maximum atomic E-state index is 3.63. The molecule has 0 nitrogen and oxygen atoms in total. The Bertz CT molecular complexity index is 441. The summed E-state index contributed by atoms with van der Waals surface area (Å²) in [4.78, 5) is 0. The Morgan fingerprint density at radius 1 is 0.920 bits per heavy atom. The van der Waals surface area contributed by atoms with Crippen LogP contribution in [0, 0.1) is 5.41 Å². The topological polar surface area (TPSA) is 0 Å². The van der Waals surface area contributed by atoms with Gasteiger partial charge in [0.25, 0.3) is 0 Å². The molecule has 0 saturated carbocycles. The lowest BCUT2D eigenvalue weighted by Crippen LogP contribution is -1.96. The minimum atomic E-state index is 0.306. The van der Waals surface area contributed by atoms with Crippen LogP contribution in [0.2, 0.25) is 0 Å². The molecule has 0 radical (unpaired) electrons. The Balaban J connectivity index is 0. The minimum absolute atomic E-state index is 0.306. The highest BCUT2D eigenvalue weighted by Crippen LogP contribution is 2.23. The van der Waals surface area contributed by atoms with Crippen LogP contribution in [0.25, 0.3) is 5.57 Å². The van der Waals surface area contributed by atoms with E-state index in [1.54, 1.807) is 5.57 Å². The summed E-state index contributed by atoms with van der Waals surface area (Å²) < 4.78 is 0. The quantitative estimate of drug-likeness (QED) is 0.451. The number of allylic oxidation sites excluding steroid dienone is 3. The minimum Gasteiger partial charge on any atom is -0.103 e. The zero-order chi connectivity index (χ0) is 19.7. The summed E-state index contributed by atoms with van der Waals surface area (Å²) in [6, 6.07) is 10.7. The first-order chi connectivity index (χ1) is 11.8. The Hall–Kier alpha value is -1.30. The van der Waals surface area contributed by atoms with E-state index in [9.17, 15) is 0 Å². The summed E-state index contributed by atoms with van der Waals surface area (Å²) in [5.74, 6) is 0. The summed E-state index contributed by atoms with van der Waals surface area (Å²) in [5.41, 5.74) is 4.78. The van der Waals surface area contributed by atoms with E-state index in [4.69, 9.17) is 0 Å². The van der Waals surface area contributed by atoms with Crippen molar-refractivity contribution in [3.63, 3.8) is 0 Å². The molecule has 1 aromatic rings. The molecule has 1 aromatic carbocycles. The number of hydrogen-bond donors (Lipinski definition) is 0. The van der Waals surface area contributed by atoms with Gasteiger partial charge in [-0.1, -0.05) is 110 Å². The van der Waals surface area contributed by atoms with Crippen molar-refractivity contribution >= 4 is 5.57 Å². The van der Waals surface area contributed by atoms with Crippen molar-refractivity contribution in [3.05, 3.63) is 54.1 Å². The normalized spacial score (nSPS) is 11.4. The van der Waals surface area contributed by atoms with E-state index in [2.05, 4.69) is 92.3 Å². The molecule has 1 rings (SSSR count). The second kappa shape index (κ2) is 16.2. The maximum absolute atomic E-state index is 3.63. The van der Waals surface area contributed by atoms with Gasteiger partial charge in [-0.3, -0.25) is 0 Å². The van der Waals surface area contributed by atoms with E-state index in [1.165, 1.54) is 49.7 Å². The van der Waals surface area contributed by atoms with Crippen LogP contribution in [0.1, 0.15) is 99.5 Å². The van der Waals surface area contributed by atoms with E-state index in [0.29, 0.717) is 5.41 Å². The van der Waals surface area contributed by atoms with Crippen molar-refractivity contribution in [2.45, 2.75) is 93.9 Å². The van der Waals surface area contributed by atoms with Crippen LogP contribution in [0.3, 0.4) is 0 Å². The van der Waals surface area contributed by atoms with Gasteiger partial charge in [0.05, 0.1) is 0 Å². The molecule has 0 fully saturated rings. The van der Waals surface area contributed by atoms with Crippen molar-refractivity contribution in [1.82, 2.24) is 0 Å². The summed E-state index contributed by atoms with van der Waals surface area (Å²) >= 11 is 0. The molecular weight excluding hydrogens is 300 g/mol. The fourth-order valence-electron chi connectivity index (χ4n) is 1.91. The first kappa shape index (κ1) is 25.9. The second-order valence-electron chi connectivity index (χ2n) is 7.62. The third-order valence-electron chi connectivity index (χ3n) is 4.11. The predicted octanol–water partition coefficient (Wildman–Crippen LogP) is 9.09. The van der Waals surface area contributed by atoms with Gasteiger partial charge >= 0.3 is 0 Å². The molecule has 0 aromatic heterocycles. The molecule has 0 bridgehead atoms. The molecule has 0 N–H and O–H groups in total. The van der Waals surface area contributed by atoms with Gasteiger partial charge in [0.15, 0.2) is 0 Å². The van der Waals surface area contributed by atoms with Crippen molar-refractivity contribution in [3.8, 4) is 0 Å². The highest BCUT2D eigenvalue weighted by Gasteiger charge is 2.02. The molecule has 0 aliphatic carbocycles. The van der Waals surface area contributed by atoms with Crippen molar-refractivity contribution in [1.29, 1.82) is 0 Å². The van der Waals surface area contributed by atoms with Gasteiger partial charge in [0.1, 0.15) is 0 Å². The van der Waals surface area contributed by atoms with E-state index in [-0.39, 0.29) is 0 Å². The lowest BCUT2D eigenvalue weighted by Gasteiger charge is -2.10. The molecule has 0 heterocycles. The molecule has 0 amide bonds. The van der Waals surface area contributed by atoms with Gasteiger partial charge in [-0.25, -0.2) is 0 Å². The molecular formula is C25H44. The molecule has 0 aliphatic rings. The third-order valence-corrected chi connectivity index (χ3v) is 4.11. The Kier molecular flexibility index (Phi) is 16.8. The highest BCUT2D eigenvalue weighted by atomic mass is 14.1. The van der Waals surface area contributed by atoms with Crippen molar-refractivity contribution < 1.29 is 0 Å². The van der Waals surface area contributed by atoms with Crippen LogP contribution in [0.15, 0.2) is 48.6 Å². The van der Waals surface area contributed by atoms with Gasteiger partial charge in [-0.15, -0.1) is 6.58 Å². The molecule has 144 valence electrons. The lowest BCUT2D eigenvalue weighted by molar-refractivity contribution is 0.546. The molecule has 0 unspecified atom stereocenters. The largest absolute Gasteiger partial charge is 0.103 e. The molecule has 25 heavy (non-hydrogen) atoms. The monoisotopic (exact) mass is 344 g/mol. The zero-order valence-corrected chi connectivity index (χ0v) is 18.4. The maximum Gasteiger partial charge on any atom is -0.0206 e. The van der Waals surface area contributed by atoms with Crippen molar-refractivity contribution in [2.75, 3.05) is 0 Å². The van der Waals surface area contributed by atoms with Gasteiger partial charge in [-0.05, 0) is 42.7 Å². The standard InChI is InChI=1S/C15H22.C6H12.C4H10/c1-4-6-10-14(5-2)13(3)15-11-8-7-9-12-15;1-5-6(2,3)4;1-3-4-2/h7-9,11-12H,4-6,10H2,1-3H3;5H,1H2,2-4H3;3-4H2,1-2H3/b14-13-;;. The van der Waals surface area contributed by atoms with Gasteiger partial charge in [0, 0.05) is 0 Å². The second-order valence-corrected chi connectivity index (χ2v) is 7.62. The van der Waals surface area contributed by atoms with Crippen LogP contribution in [-0.4, -0.2) is 0 Å². The van der Waals surface area contributed by atoms with E-state index < -0.39 is 0 Å². The van der Waals surface area contributed by atoms with Crippen LogP contribution >= 0.6 is 0 Å². The van der Waals surface area contributed by atoms with Crippen molar-refractivity contribution in [2.24, 2.45) is 5.41 Å².